The second-order valence-electron chi connectivity index (χ2n) is 0.408. The van der Waals surface area contributed by atoms with E-state index in [2.05, 4.69) is 0 Å². The van der Waals surface area contributed by atoms with Crippen molar-refractivity contribution in [3.05, 3.63) is 0 Å². The quantitative estimate of drug-likeness (QED) is 0.242. The molecule has 0 aromatic carbocycles. The zero-order valence-corrected chi connectivity index (χ0v) is 22.8. The summed E-state index contributed by atoms with van der Waals surface area (Å²) < 4.78 is 34.1. The first-order valence-electron chi connectivity index (χ1n) is 0.667. The summed E-state index contributed by atoms with van der Waals surface area (Å²) in [6, 6.07) is 0. The summed E-state index contributed by atoms with van der Waals surface area (Å²) in [5, 5.41) is 0. The largest absolute Gasteiger partial charge is 1.00 e. The minimum atomic E-state index is -5.17. The van der Waals surface area contributed by atoms with Crippen LogP contribution in [0.4, 0.5) is 0 Å². The topological polar surface area (TPSA) is 205 Å². The summed E-state index contributed by atoms with van der Waals surface area (Å²) in [6.45, 7) is 0. The Morgan fingerprint density at radius 2 is 0.667 bits per heavy atom. The van der Waals surface area contributed by atoms with Gasteiger partial charge < -0.3 is 35.3 Å². The van der Waals surface area contributed by atoms with Crippen LogP contribution in [-0.2, 0) is 10.4 Å². The van der Waals surface area contributed by atoms with Crippen LogP contribution in [0.1, 0.15) is 4.28 Å². The van der Waals surface area contributed by atoms with Gasteiger partial charge in [0.1, 0.15) is 0 Å². The van der Waals surface area contributed by atoms with Crippen LogP contribution in [0.3, 0.4) is 0 Å². The minimum absolute atomic E-state index is 0. The van der Waals surface area contributed by atoms with Gasteiger partial charge in [-0.15, -0.1) is 0 Å². The molecule has 0 saturated carbocycles. The van der Waals surface area contributed by atoms with Crippen LogP contribution in [0.25, 0.3) is 0 Å². The zero-order chi connectivity index (χ0) is 4.50. The molecule has 0 aromatic rings. The van der Waals surface area contributed by atoms with Crippen molar-refractivity contribution in [3.8, 4) is 0 Å². The van der Waals surface area contributed by atoms with E-state index in [0.29, 0.717) is 0 Å². The van der Waals surface area contributed by atoms with Gasteiger partial charge in [-0.25, -0.2) is 0 Å². The van der Waals surface area contributed by atoms with E-state index in [1.54, 1.807) is 0 Å². The maximum absolute atomic E-state index is 8.52. The molecule has 0 aliphatic rings. The minimum Gasteiger partial charge on any atom is -1.00 e. The molecule has 0 bridgehead atoms. The molecule has 15 heavy (non-hydrogen) atoms. The molecule has 0 amide bonds. The van der Waals surface area contributed by atoms with E-state index in [1.165, 1.54) is 0 Å². The molecule has 0 atom stereocenters. The van der Waals surface area contributed by atoms with Gasteiger partial charge in [0.25, 0.3) is 0 Å². The molecule has 0 fully saturated rings. The molecule has 0 heterocycles. The Bertz CT molecular complexity index is 114. The van der Waals surface area contributed by atoms with E-state index in [1.807, 2.05) is 0 Å². The summed E-state index contributed by atoms with van der Waals surface area (Å²) >= 11 is 0. The Hall–Kier alpha value is 5.71. The van der Waals surface area contributed by atoms with E-state index < -0.39 is 10.4 Å². The standard InChI is InChI=1S/6Na.H2O4S.4H2O.3H/c;;;;;;1-5(2,3)4;;;;;;;/h;;;;;;(H2,1,2,3,4);4*1H2;;;/q6*+1;;;;;;3*-1/p-3. The fraction of sp³-hybridized carbons (Fsp3) is 0. The maximum atomic E-state index is 8.52. The molecule has 70 valence electrons. The molecule has 0 spiro atoms. The SMILES string of the molecule is O.O.O.O=S(=O)([O-])[O-].[H-].[H-].[H-].[Na+].[Na+].[Na+].[Na+].[Na+].[Na+].[OH-]. The molecule has 0 saturated heterocycles. The van der Waals surface area contributed by atoms with Gasteiger partial charge in [-0.3, -0.25) is 8.42 Å². The Morgan fingerprint density at radius 1 is 0.667 bits per heavy atom. The van der Waals surface area contributed by atoms with Gasteiger partial charge >= 0.3 is 177 Å². The second kappa shape index (κ2) is 50.3. The van der Waals surface area contributed by atoms with Crippen molar-refractivity contribution in [1.82, 2.24) is 0 Å². The molecule has 0 radical (unpaired) electrons. The van der Waals surface area contributed by atoms with Gasteiger partial charge in [-0.05, 0) is 0 Å². The molecule has 7 N–H and O–H groups in total. The predicted octanol–water partition coefficient (Wildman–Crippen LogP) is -21.6. The fourth-order valence-electron chi connectivity index (χ4n) is 0. The fourth-order valence-corrected chi connectivity index (χ4v) is 0. The van der Waals surface area contributed by atoms with Crippen LogP contribution in [0.15, 0.2) is 0 Å². The van der Waals surface area contributed by atoms with Crippen LogP contribution in [-0.4, -0.2) is 39.4 Å². The summed E-state index contributed by atoms with van der Waals surface area (Å²) in [7, 11) is -5.17. The van der Waals surface area contributed by atoms with Crippen molar-refractivity contribution >= 4 is 10.4 Å². The van der Waals surface area contributed by atoms with E-state index in [9.17, 15) is 0 Å². The molecule has 0 aliphatic heterocycles. The van der Waals surface area contributed by atoms with Gasteiger partial charge in [0.05, 0.1) is 0 Å². The van der Waals surface area contributed by atoms with Crippen LogP contribution >= 0.6 is 0 Å². The van der Waals surface area contributed by atoms with E-state index >= 15 is 0 Å². The number of hydrogen-bond acceptors (Lipinski definition) is 5. The molecular formula is H10Na6O8S. The average molecular weight is 308 g/mol. The van der Waals surface area contributed by atoms with Crippen LogP contribution < -0.4 is 177 Å². The maximum Gasteiger partial charge on any atom is 1.00 e. The second-order valence-corrected chi connectivity index (χ2v) is 1.22. The monoisotopic (exact) mass is 308 g/mol. The molecule has 8 nitrogen and oxygen atoms in total. The Balaban J connectivity index is -0.00000000103. The average Bonchev–Trinajstić information content (AvgIpc) is 0.722. The normalized spacial score (nSPS) is 3.87. The number of hydrogen-bond donors (Lipinski definition) is 0. The molecule has 0 unspecified atom stereocenters. The zero-order valence-electron chi connectivity index (χ0n) is 13.0. The van der Waals surface area contributed by atoms with Crippen molar-refractivity contribution in [3.63, 3.8) is 0 Å². The van der Waals surface area contributed by atoms with Crippen molar-refractivity contribution in [2.24, 2.45) is 0 Å². The Labute approximate surface area is 226 Å². The van der Waals surface area contributed by atoms with Gasteiger partial charge in [0.15, 0.2) is 0 Å². The third kappa shape index (κ3) is 190. The van der Waals surface area contributed by atoms with E-state index in [-0.39, 0.29) is 204 Å². The van der Waals surface area contributed by atoms with Crippen molar-refractivity contribution < 1.29 is 221 Å². The van der Waals surface area contributed by atoms with Gasteiger partial charge in [0, 0.05) is 10.4 Å². The molecule has 0 aromatic heterocycles. The summed E-state index contributed by atoms with van der Waals surface area (Å²) in [6.07, 6.45) is 0. The first-order chi connectivity index (χ1) is 2.00. The molecule has 0 rings (SSSR count). The summed E-state index contributed by atoms with van der Waals surface area (Å²) in [4.78, 5) is 0. The van der Waals surface area contributed by atoms with Crippen molar-refractivity contribution in [1.29, 1.82) is 0 Å². The smallest absolute Gasteiger partial charge is 1.00 e. The first-order valence-corrected chi connectivity index (χ1v) is 2.00. The molecular weight excluding hydrogens is 298 g/mol. The summed E-state index contributed by atoms with van der Waals surface area (Å²) in [5.74, 6) is 0. The van der Waals surface area contributed by atoms with Crippen molar-refractivity contribution in [2.45, 2.75) is 0 Å². The van der Waals surface area contributed by atoms with E-state index in [0.717, 1.165) is 0 Å². The van der Waals surface area contributed by atoms with Gasteiger partial charge in [-0.2, -0.15) is 0 Å². The van der Waals surface area contributed by atoms with Crippen LogP contribution in [0, 0.1) is 0 Å². The van der Waals surface area contributed by atoms with Gasteiger partial charge in [-0.1, -0.05) is 0 Å². The molecule has 15 heteroatoms. The summed E-state index contributed by atoms with van der Waals surface area (Å²) in [5.41, 5.74) is 0. The van der Waals surface area contributed by atoms with Crippen LogP contribution in [0.2, 0.25) is 0 Å². The predicted molar refractivity (Wildman–Crippen MR) is 26.6 cm³/mol. The third-order valence-corrected chi connectivity index (χ3v) is 0. The Morgan fingerprint density at radius 3 is 0.667 bits per heavy atom. The van der Waals surface area contributed by atoms with Crippen molar-refractivity contribution in [2.75, 3.05) is 0 Å². The molecule has 0 aliphatic carbocycles. The van der Waals surface area contributed by atoms with Crippen LogP contribution in [0.5, 0.6) is 0 Å². The van der Waals surface area contributed by atoms with E-state index in [4.69, 9.17) is 17.5 Å². The third-order valence-electron chi connectivity index (χ3n) is 0. The number of rotatable bonds is 0. The Kier molecular flexibility index (Phi) is 286. The van der Waals surface area contributed by atoms with Gasteiger partial charge in [0.2, 0.25) is 0 Å². The first kappa shape index (κ1) is 85.3.